The lowest BCUT2D eigenvalue weighted by atomic mass is 9.90. The molecular formula is C48H29NO2. The van der Waals surface area contributed by atoms with Crippen LogP contribution < -0.4 is 0 Å². The summed E-state index contributed by atoms with van der Waals surface area (Å²) in [6, 6.07) is 62.2. The molecule has 238 valence electrons. The summed E-state index contributed by atoms with van der Waals surface area (Å²) in [6.07, 6.45) is 0. The summed E-state index contributed by atoms with van der Waals surface area (Å²) in [5.74, 6) is 0. The van der Waals surface area contributed by atoms with E-state index < -0.39 is 0 Å². The van der Waals surface area contributed by atoms with Crippen LogP contribution in [0.2, 0.25) is 0 Å². The van der Waals surface area contributed by atoms with Gasteiger partial charge in [-0.3, -0.25) is 0 Å². The Labute approximate surface area is 293 Å². The highest BCUT2D eigenvalue weighted by Gasteiger charge is 2.27. The predicted molar refractivity (Wildman–Crippen MR) is 212 cm³/mol. The lowest BCUT2D eigenvalue weighted by Gasteiger charge is -2.12. The van der Waals surface area contributed by atoms with Gasteiger partial charge in [0.2, 0.25) is 0 Å². The fourth-order valence-electron chi connectivity index (χ4n) is 8.17. The van der Waals surface area contributed by atoms with E-state index in [2.05, 4.69) is 180 Å². The Hall–Kier alpha value is -6.84. The van der Waals surface area contributed by atoms with Crippen LogP contribution in [0.3, 0.4) is 0 Å². The first-order valence-electron chi connectivity index (χ1n) is 17.4. The first kappa shape index (κ1) is 28.0. The molecule has 0 atom stereocenters. The first-order chi connectivity index (χ1) is 25.3. The van der Waals surface area contributed by atoms with E-state index in [1.807, 2.05) is 0 Å². The molecule has 0 aliphatic heterocycles. The van der Waals surface area contributed by atoms with Gasteiger partial charge in [0.15, 0.2) is 0 Å². The first-order valence-corrected chi connectivity index (χ1v) is 17.4. The molecule has 0 saturated heterocycles. The fraction of sp³-hybridized carbons (Fsp3) is 0. The number of furan rings is 2. The van der Waals surface area contributed by atoms with Crippen molar-refractivity contribution in [3.05, 3.63) is 176 Å². The summed E-state index contributed by atoms with van der Waals surface area (Å²) in [6.45, 7) is 0. The molecule has 0 spiro atoms. The van der Waals surface area contributed by atoms with Gasteiger partial charge in [-0.05, 0) is 64.7 Å². The van der Waals surface area contributed by atoms with E-state index >= 15 is 0 Å². The number of para-hydroxylation sites is 2. The van der Waals surface area contributed by atoms with E-state index in [-0.39, 0.29) is 0 Å². The van der Waals surface area contributed by atoms with Crippen LogP contribution in [0.1, 0.15) is 0 Å². The van der Waals surface area contributed by atoms with E-state index in [1.54, 1.807) is 0 Å². The van der Waals surface area contributed by atoms with Crippen molar-refractivity contribution in [2.45, 2.75) is 0 Å². The summed E-state index contributed by atoms with van der Waals surface area (Å²) >= 11 is 0. The smallest absolute Gasteiger partial charge is 0.144 e. The molecule has 3 aromatic heterocycles. The lowest BCUT2D eigenvalue weighted by Crippen LogP contribution is -1.93. The molecule has 0 radical (unpaired) electrons. The van der Waals surface area contributed by atoms with Gasteiger partial charge in [0.1, 0.15) is 22.3 Å². The average Bonchev–Trinajstić information content (AvgIpc) is 3.87. The van der Waals surface area contributed by atoms with Gasteiger partial charge in [-0.2, -0.15) is 0 Å². The Morgan fingerprint density at radius 3 is 1.33 bits per heavy atom. The molecule has 0 bridgehead atoms. The second-order valence-electron chi connectivity index (χ2n) is 13.2. The largest absolute Gasteiger partial charge is 0.455 e. The third-order valence-corrected chi connectivity index (χ3v) is 10.4. The monoisotopic (exact) mass is 651 g/mol. The summed E-state index contributed by atoms with van der Waals surface area (Å²) in [5, 5.41) is 6.69. The second kappa shape index (κ2) is 10.8. The maximum atomic E-state index is 7.04. The van der Waals surface area contributed by atoms with E-state index in [1.165, 1.54) is 27.4 Å². The summed E-state index contributed by atoms with van der Waals surface area (Å²) in [7, 11) is 0. The number of rotatable bonds is 4. The Morgan fingerprint density at radius 2 is 0.784 bits per heavy atom. The van der Waals surface area contributed by atoms with Crippen molar-refractivity contribution in [1.29, 1.82) is 0 Å². The highest BCUT2D eigenvalue weighted by atomic mass is 16.3. The number of fused-ring (bicyclic) bond motifs is 9. The van der Waals surface area contributed by atoms with Crippen LogP contribution in [-0.4, -0.2) is 4.57 Å². The molecular weight excluding hydrogens is 623 g/mol. The van der Waals surface area contributed by atoms with Crippen LogP contribution in [0.5, 0.6) is 0 Å². The molecule has 3 nitrogen and oxygen atoms in total. The summed E-state index contributed by atoms with van der Waals surface area (Å²) in [5.41, 5.74) is 13.4. The van der Waals surface area contributed by atoms with Gasteiger partial charge < -0.3 is 13.4 Å². The normalized spacial score (nSPS) is 11.9. The van der Waals surface area contributed by atoms with Gasteiger partial charge in [0.25, 0.3) is 0 Å². The number of hydrogen-bond acceptors (Lipinski definition) is 2. The van der Waals surface area contributed by atoms with Crippen molar-refractivity contribution in [2.75, 3.05) is 0 Å². The summed E-state index contributed by atoms with van der Waals surface area (Å²) < 4.78 is 16.4. The minimum Gasteiger partial charge on any atom is -0.455 e. The van der Waals surface area contributed by atoms with Crippen LogP contribution >= 0.6 is 0 Å². The maximum Gasteiger partial charge on any atom is 0.144 e. The molecule has 8 aromatic carbocycles. The van der Waals surface area contributed by atoms with E-state index in [0.717, 1.165) is 77.4 Å². The van der Waals surface area contributed by atoms with E-state index in [0.29, 0.717) is 0 Å². The van der Waals surface area contributed by atoms with Gasteiger partial charge in [-0.25, -0.2) is 0 Å². The average molecular weight is 652 g/mol. The number of nitrogens with zero attached hydrogens (tertiary/aromatic N) is 1. The van der Waals surface area contributed by atoms with Crippen molar-refractivity contribution < 1.29 is 8.83 Å². The maximum absolute atomic E-state index is 7.04. The molecule has 11 rings (SSSR count). The third-order valence-electron chi connectivity index (χ3n) is 10.4. The van der Waals surface area contributed by atoms with Crippen LogP contribution in [0, 0.1) is 0 Å². The molecule has 3 heteroatoms. The van der Waals surface area contributed by atoms with Gasteiger partial charge in [-0.15, -0.1) is 0 Å². The van der Waals surface area contributed by atoms with Crippen molar-refractivity contribution in [3.8, 4) is 39.1 Å². The van der Waals surface area contributed by atoms with E-state index in [9.17, 15) is 0 Å². The fourth-order valence-corrected chi connectivity index (χ4v) is 8.17. The summed E-state index contributed by atoms with van der Waals surface area (Å²) in [4.78, 5) is 0. The highest BCUT2D eigenvalue weighted by Crippen LogP contribution is 2.51. The Kier molecular flexibility index (Phi) is 5.96. The zero-order valence-corrected chi connectivity index (χ0v) is 27.5. The number of hydrogen-bond donors (Lipinski definition) is 0. The molecule has 0 amide bonds. The highest BCUT2D eigenvalue weighted by molar-refractivity contribution is 6.30. The quantitative estimate of drug-likeness (QED) is 0.190. The Bertz CT molecular complexity index is 3060. The van der Waals surface area contributed by atoms with Crippen LogP contribution in [-0.2, 0) is 0 Å². The molecule has 11 aromatic rings. The molecule has 0 fully saturated rings. The Morgan fingerprint density at radius 1 is 0.333 bits per heavy atom. The molecule has 51 heavy (non-hydrogen) atoms. The molecule has 0 unspecified atom stereocenters. The zero-order chi connectivity index (χ0) is 33.5. The minimum atomic E-state index is 0.839. The number of aromatic nitrogens is 1. The Balaban J connectivity index is 1.31. The van der Waals surface area contributed by atoms with Crippen LogP contribution in [0.4, 0.5) is 0 Å². The van der Waals surface area contributed by atoms with Crippen molar-refractivity contribution >= 4 is 65.7 Å². The molecule has 0 aliphatic carbocycles. The van der Waals surface area contributed by atoms with E-state index in [4.69, 9.17) is 8.83 Å². The number of benzene rings is 8. The lowest BCUT2D eigenvalue weighted by molar-refractivity contribution is 0.665. The van der Waals surface area contributed by atoms with Gasteiger partial charge in [0.05, 0.1) is 11.0 Å². The minimum absolute atomic E-state index is 0.839. The molecule has 0 aliphatic rings. The third kappa shape index (κ3) is 4.12. The SMILES string of the molecule is c1ccc(-c2ccc3oc4c(-c5ccccc5)c5c(oc6ccc(-n7c8ccccc8c8ccccc87)cc65)c(-c5ccccc5)c4c3c2)cc1. The van der Waals surface area contributed by atoms with Gasteiger partial charge in [-0.1, -0.05) is 133 Å². The van der Waals surface area contributed by atoms with Crippen molar-refractivity contribution in [2.24, 2.45) is 0 Å². The second-order valence-corrected chi connectivity index (χ2v) is 13.2. The van der Waals surface area contributed by atoms with Gasteiger partial charge in [0, 0.05) is 49.1 Å². The van der Waals surface area contributed by atoms with Crippen LogP contribution in [0.15, 0.2) is 185 Å². The molecule has 0 N–H and O–H groups in total. The van der Waals surface area contributed by atoms with Gasteiger partial charge >= 0.3 is 0 Å². The topological polar surface area (TPSA) is 31.2 Å². The predicted octanol–water partition coefficient (Wildman–Crippen LogP) is 13.6. The molecule has 3 heterocycles. The molecule has 0 saturated carbocycles. The van der Waals surface area contributed by atoms with Crippen LogP contribution in [0.25, 0.3) is 105 Å². The standard InChI is InChI=1S/C48H29NO2/c1-4-14-30(15-5-1)33-24-26-41-37(28-33)45-43(31-16-6-2-7-17-31)48-46(44(47(45)50-41)32-18-8-3-9-19-32)38-29-34(25-27-42(38)51-48)49-39-22-12-10-20-35(39)36-21-11-13-23-40(36)49/h1-29H. The zero-order valence-electron chi connectivity index (χ0n) is 27.5. The van der Waals surface area contributed by atoms with Crippen molar-refractivity contribution in [1.82, 2.24) is 4.57 Å². The van der Waals surface area contributed by atoms with Crippen molar-refractivity contribution in [3.63, 3.8) is 0 Å².